The molecule has 1 fully saturated rings. The molecule has 0 N–H and O–H groups in total. The van der Waals surface area contributed by atoms with Gasteiger partial charge in [0.2, 0.25) is 5.91 Å². The maximum atomic E-state index is 13.4. The Labute approximate surface area is 160 Å². The van der Waals surface area contributed by atoms with Crippen LogP contribution in [-0.4, -0.2) is 33.7 Å². The number of aromatic nitrogens is 2. The number of hydrogen-bond donors (Lipinski definition) is 0. The summed E-state index contributed by atoms with van der Waals surface area (Å²) in [6.45, 7) is 1.19. The van der Waals surface area contributed by atoms with Gasteiger partial charge in [-0.05, 0) is 48.9 Å². The van der Waals surface area contributed by atoms with Gasteiger partial charge in [-0.2, -0.15) is 5.10 Å². The first kappa shape index (κ1) is 19.5. The number of benzene rings is 1. The topological polar surface area (TPSA) is 55.2 Å². The second-order valence-corrected chi connectivity index (χ2v) is 7.26. The summed E-state index contributed by atoms with van der Waals surface area (Å²) in [7, 11) is 1.55. The molecule has 27 heavy (non-hydrogen) atoms. The maximum absolute atomic E-state index is 13.4. The van der Waals surface area contributed by atoms with Crippen molar-refractivity contribution in [3.63, 3.8) is 0 Å². The minimum absolute atomic E-state index is 0.0366. The highest BCUT2D eigenvalue weighted by Gasteiger charge is 2.24. The molecular weight excluding hydrogens is 376 g/mol. The van der Waals surface area contributed by atoms with Crippen molar-refractivity contribution in [2.24, 2.45) is 13.0 Å². The Morgan fingerprint density at radius 3 is 2.56 bits per heavy atom. The van der Waals surface area contributed by atoms with Gasteiger partial charge >= 0.3 is 0 Å². The lowest BCUT2D eigenvalue weighted by Gasteiger charge is -2.32. The van der Waals surface area contributed by atoms with Crippen molar-refractivity contribution in [2.45, 2.75) is 25.7 Å². The van der Waals surface area contributed by atoms with E-state index in [1.54, 1.807) is 18.0 Å². The van der Waals surface area contributed by atoms with E-state index in [0.717, 1.165) is 25.0 Å². The lowest BCUT2D eigenvalue weighted by atomic mass is 9.90. The highest BCUT2D eigenvalue weighted by molar-refractivity contribution is 6.31. The highest BCUT2D eigenvalue weighted by atomic mass is 35.5. The first-order chi connectivity index (χ1) is 12.8. The quantitative estimate of drug-likeness (QED) is 0.748. The number of amides is 1. The molecule has 1 aliphatic heterocycles. The third-order valence-electron chi connectivity index (χ3n) is 4.91. The van der Waals surface area contributed by atoms with Crippen LogP contribution in [0.15, 0.2) is 29.1 Å². The first-order valence-electron chi connectivity index (χ1n) is 8.78. The molecule has 1 amide bonds. The fourth-order valence-electron chi connectivity index (χ4n) is 3.33. The lowest BCUT2D eigenvalue weighted by molar-refractivity contribution is -0.131. The van der Waals surface area contributed by atoms with Crippen molar-refractivity contribution in [3.8, 4) is 0 Å². The van der Waals surface area contributed by atoms with Gasteiger partial charge in [-0.25, -0.2) is 13.5 Å². The number of halogens is 3. The maximum Gasteiger partial charge on any atom is 0.266 e. The molecule has 0 saturated carbocycles. The SMILES string of the molecule is Cn1nc(CC(=O)N2CCC(Cc3cc(F)c(F)cc3Cl)CC2)ccc1=O. The Balaban J connectivity index is 1.55. The largest absolute Gasteiger partial charge is 0.342 e. The van der Waals surface area contributed by atoms with Crippen LogP contribution in [0.3, 0.4) is 0 Å². The number of nitrogens with zero attached hydrogens (tertiary/aromatic N) is 3. The van der Waals surface area contributed by atoms with E-state index in [2.05, 4.69) is 5.10 Å². The second kappa shape index (κ2) is 8.17. The summed E-state index contributed by atoms with van der Waals surface area (Å²) < 4.78 is 27.8. The summed E-state index contributed by atoms with van der Waals surface area (Å²) in [5, 5.41) is 4.31. The lowest BCUT2D eigenvalue weighted by Crippen LogP contribution is -2.40. The van der Waals surface area contributed by atoms with E-state index in [4.69, 9.17) is 11.6 Å². The summed E-state index contributed by atoms with van der Waals surface area (Å²) in [5.41, 5.74) is 0.926. The number of likely N-dealkylation sites (tertiary alicyclic amines) is 1. The zero-order chi connectivity index (χ0) is 19.6. The second-order valence-electron chi connectivity index (χ2n) is 6.85. The summed E-state index contributed by atoms with van der Waals surface area (Å²) in [6.07, 6.45) is 2.23. The molecule has 2 aromatic rings. The molecule has 0 bridgehead atoms. The predicted octanol–water partition coefficient (Wildman–Crippen LogP) is 2.74. The molecule has 0 atom stereocenters. The van der Waals surface area contributed by atoms with Gasteiger partial charge in [-0.1, -0.05) is 11.6 Å². The smallest absolute Gasteiger partial charge is 0.266 e. The van der Waals surface area contributed by atoms with Crippen molar-refractivity contribution < 1.29 is 13.6 Å². The van der Waals surface area contributed by atoms with Crippen LogP contribution in [-0.2, 0) is 24.7 Å². The van der Waals surface area contributed by atoms with Crippen LogP contribution in [0.4, 0.5) is 8.78 Å². The van der Waals surface area contributed by atoms with Gasteiger partial charge in [0.05, 0.1) is 12.1 Å². The fourth-order valence-corrected chi connectivity index (χ4v) is 3.56. The molecule has 2 heterocycles. The summed E-state index contributed by atoms with van der Waals surface area (Å²) >= 11 is 6.01. The fraction of sp³-hybridized carbons (Fsp3) is 0.421. The van der Waals surface area contributed by atoms with Gasteiger partial charge in [0.1, 0.15) is 0 Å². The zero-order valence-corrected chi connectivity index (χ0v) is 15.7. The number of carbonyl (C=O) groups is 1. The summed E-state index contributed by atoms with van der Waals surface area (Å²) in [4.78, 5) is 25.6. The van der Waals surface area contributed by atoms with Gasteiger partial charge < -0.3 is 4.90 Å². The summed E-state index contributed by atoms with van der Waals surface area (Å²) in [6, 6.07) is 5.12. The average Bonchev–Trinajstić information content (AvgIpc) is 2.63. The van der Waals surface area contributed by atoms with E-state index in [0.29, 0.717) is 30.8 Å². The molecular formula is C19H20ClF2N3O2. The number of carbonyl (C=O) groups excluding carboxylic acids is 1. The van der Waals surface area contributed by atoms with Crippen LogP contribution >= 0.6 is 11.6 Å². The molecule has 0 aliphatic carbocycles. The first-order valence-corrected chi connectivity index (χ1v) is 9.15. The van der Waals surface area contributed by atoms with Crippen molar-refractivity contribution in [2.75, 3.05) is 13.1 Å². The van der Waals surface area contributed by atoms with E-state index in [-0.39, 0.29) is 28.8 Å². The van der Waals surface area contributed by atoms with Crippen LogP contribution in [0.25, 0.3) is 0 Å². The number of piperidine rings is 1. The molecule has 0 spiro atoms. The Morgan fingerprint density at radius 1 is 1.22 bits per heavy atom. The Bertz CT molecular complexity index is 908. The molecule has 0 radical (unpaired) electrons. The van der Waals surface area contributed by atoms with Crippen LogP contribution in [0.2, 0.25) is 5.02 Å². The summed E-state index contributed by atoms with van der Waals surface area (Å²) in [5.74, 6) is -1.62. The van der Waals surface area contributed by atoms with Gasteiger partial charge in [0.25, 0.3) is 5.56 Å². The minimum Gasteiger partial charge on any atom is -0.342 e. The van der Waals surface area contributed by atoms with Crippen molar-refractivity contribution in [3.05, 3.63) is 62.5 Å². The highest BCUT2D eigenvalue weighted by Crippen LogP contribution is 2.27. The van der Waals surface area contributed by atoms with Gasteiger partial charge in [-0.3, -0.25) is 9.59 Å². The van der Waals surface area contributed by atoms with Crippen LogP contribution in [0, 0.1) is 17.6 Å². The molecule has 1 aromatic carbocycles. The molecule has 3 rings (SSSR count). The molecule has 5 nitrogen and oxygen atoms in total. The molecule has 0 unspecified atom stereocenters. The van der Waals surface area contributed by atoms with Gasteiger partial charge in [0, 0.05) is 31.2 Å². The average molecular weight is 396 g/mol. The van der Waals surface area contributed by atoms with Crippen LogP contribution in [0.5, 0.6) is 0 Å². The third kappa shape index (κ3) is 4.71. The Morgan fingerprint density at radius 2 is 1.89 bits per heavy atom. The van der Waals surface area contributed by atoms with Gasteiger partial charge in [0.15, 0.2) is 11.6 Å². The van der Waals surface area contributed by atoms with Crippen LogP contribution < -0.4 is 5.56 Å². The minimum atomic E-state index is -0.948. The van der Waals surface area contributed by atoms with Crippen molar-refractivity contribution >= 4 is 17.5 Å². The van der Waals surface area contributed by atoms with E-state index in [1.165, 1.54) is 10.7 Å². The number of aryl methyl sites for hydroxylation is 1. The predicted molar refractivity (Wildman–Crippen MR) is 97.6 cm³/mol. The van der Waals surface area contributed by atoms with E-state index in [9.17, 15) is 18.4 Å². The number of rotatable bonds is 4. The molecule has 1 aliphatic rings. The number of hydrogen-bond acceptors (Lipinski definition) is 3. The Hall–Kier alpha value is -2.28. The molecule has 1 aromatic heterocycles. The normalized spacial score (nSPS) is 15.2. The van der Waals surface area contributed by atoms with E-state index in [1.807, 2.05) is 0 Å². The van der Waals surface area contributed by atoms with Crippen LogP contribution in [0.1, 0.15) is 24.1 Å². The van der Waals surface area contributed by atoms with Gasteiger partial charge in [-0.15, -0.1) is 0 Å². The molecule has 8 heteroatoms. The molecule has 144 valence electrons. The van der Waals surface area contributed by atoms with E-state index < -0.39 is 11.6 Å². The molecule has 1 saturated heterocycles. The van der Waals surface area contributed by atoms with Crippen molar-refractivity contribution in [1.82, 2.24) is 14.7 Å². The third-order valence-corrected chi connectivity index (χ3v) is 5.27. The monoisotopic (exact) mass is 395 g/mol. The van der Waals surface area contributed by atoms with Crippen molar-refractivity contribution in [1.29, 1.82) is 0 Å². The van der Waals surface area contributed by atoms with E-state index >= 15 is 0 Å². The zero-order valence-electron chi connectivity index (χ0n) is 14.9. The Kier molecular flexibility index (Phi) is 5.89. The standard InChI is InChI=1S/C19H20ClF2N3O2/c1-24-18(26)3-2-14(23-24)10-19(27)25-6-4-12(5-7-25)8-13-9-16(21)17(22)11-15(13)20/h2-3,9,11-12H,4-8,10H2,1H3.